The molecule has 0 radical (unpaired) electrons. The predicted octanol–water partition coefficient (Wildman–Crippen LogP) is 1.63. The van der Waals surface area contributed by atoms with Crippen molar-refractivity contribution in [2.45, 2.75) is 25.0 Å². The van der Waals surface area contributed by atoms with E-state index in [9.17, 15) is 9.90 Å². The number of aromatic nitrogens is 4. The third kappa shape index (κ3) is 3.13. The minimum Gasteiger partial charge on any atom is -0.391 e. The lowest BCUT2D eigenvalue weighted by molar-refractivity contribution is 0.0375. The maximum absolute atomic E-state index is 11.7. The molecule has 1 saturated carbocycles. The Kier molecular flexibility index (Phi) is 4.43. The number of para-hydroxylation sites is 2. The fourth-order valence-corrected chi connectivity index (χ4v) is 4.88. The Balaban J connectivity index is 1.34. The summed E-state index contributed by atoms with van der Waals surface area (Å²) < 4.78 is 2.14. The van der Waals surface area contributed by atoms with E-state index in [0.29, 0.717) is 17.5 Å². The summed E-state index contributed by atoms with van der Waals surface area (Å²) in [5.41, 5.74) is 2.34. The molecule has 150 valence electrons. The molecule has 29 heavy (non-hydrogen) atoms. The number of carbonyl (C=O) groups excluding carboxylic acids is 1. The van der Waals surface area contributed by atoms with Crippen molar-refractivity contribution in [2.75, 3.05) is 25.0 Å². The van der Waals surface area contributed by atoms with Crippen molar-refractivity contribution in [1.82, 2.24) is 25.1 Å². The first-order valence-electron chi connectivity index (χ1n) is 10.0. The highest BCUT2D eigenvalue weighted by molar-refractivity contribution is 5.91. The van der Waals surface area contributed by atoms with Crippen molar-refractivity contribution in [3.05, 3.63) is 48.4 Å². The number of aliphatic hydroxyl groups is 1. The number of aliphatic hydroxyl groups excluding tert-OH is 1. The molecular formula is C21H24N6O2. The summed E-state index contributed by atoms with van der Waals surface area (Å²) in [7, 11) is 1.58. The zero-order chi connectivity index (χ0) is 20.0. The van der Waals surface area contributed by atoms with Crippen LogP contribution in [0.3, 0.4) is 0 Å². The molecule has 2 N–H and O–H groups in total. The predicted molar refractivity (Wildman–Crippen MR) is 109 cm³/mol. The molecule has 0 unspecified atom stereocenters. The van der Waals surface area contributed by atoms with Crippen molar-refractivity contribution in [1.29, 1.82) is 0 Å². The molecule has 0 spiro atoms. The van der Waals surface area contributed by atoms with Gasteiger partial charge in [-0.3, -0.25) is 4.79 Å². The molecule has 1 aliphatic carbocycles. The Hall–Kier alpha value is -3.00. The molecule has 5 rings (SSSR count). The number of rotatable bonds is 3. The number of nitrogens with zero attached hydrogens (tertiary/aromatic N) is 5. The molecule has 2 aliphatic rings. The van der Waals surface area contributed by atoms with Gasteiger partial charge in [0, 0.05) is 20.1 Å². The van der Waals surface area contributed by atoms with Gasteiger partial charge in [-0.2, -0.15) is 0 Å². The van der Waals surface area contributed by atoms with E-state index in [1.54, 1.807) is 13.1 Å². The Bertz CT molecular complexity index is 1030. The van der Waals surface area contributed by atoms with E-state index in [0.717, 1.165) is 42.8 Å². The van der Waals surface area contributed by atoms with Crippen LogP contribution < -0.4 is 10.2 Å². The number of fused-ring (bicyclic) bond motifs is 2. The van der Waals surface area contributed by atoms with Crippen LogP contribution in [0, 0.1) is 11.8 Å². The van der Waals surface area contributed by atoms with Gasteiger partial charge in [-0.05, 0) is 48.9 Å². The maximum Gasteiger partial charge on any atom is 0.271 e. The second-order valence-electron chi connectivity index (χ2n) is 8.03. The smallest absolute Gasteiger partial charge is 0.271 e. The number of hydrogen-bond donors (Lipinski definition) is 2. The lowest BCUT2D eigenvalue weighted by Crippen LogP contribution is -2.36. The van der Waals surface area contributed by atoms with Gasteiger partial charge in [-0.15, -0.1) is 10.2 Å². The average Bonchev–Trinajstić information content (AvgIpc) is 3.36. The summed E-state index contributed by atoms with van der Waals surface area (Å²) in [4.78, 5) is 18.4. The van der Waals surface area contributed by atoms with Crippen LogP contribution in [0.25, 0.3) is 11.0 Å². The largest absolute Gasteiger partial charge is 0.391 e. The number of carbonyl (C=O) groups is 1. The van der Waals surface area contributed by atoms with E-state index >= 15 is 0 Å². The maximum atomic E-state index is 11.7. The molecule has 1 aliphatic heterocycles. The van der Waals surface area contributed by atoms with Crippen LogP contribution in [0.1, 0.15) is 29.4 Å². The number of nitrogens with one attached hydrogen (secondary N) is 1. The van der Waals surface area contributed by atoms with Gasteiger partial charge in [0.25, 0.3) is 5.91 Å². The first kappa shape index (κ1) is 18.1. The van der Waals surface area contributed by atoms with Crippen LogP contribution in [-0.4, -0.2) is 57.0 Å². The summed E-state index contributed by atoms with van der Waals surface area (Å²) >= 11 is 0. The zero-order valence-corrected chi connectivity index (χ0v) is 16.3. The molecule has 1 saturated heterocycles. The average molecular weight is 392 g/mol. The second kappa shape index (κ2) is 7.11. The zero-order valence-electron chi connectivity index (χ0n) is 16.3. The quantitative estimate of drug-likeness (QED) is 0.703. The molecule has 3 aromatic rings. The molecule has 0 bridgehead atoms. The Morgan fingerprint density at radius 2 is 1.90 bits per heavy atom. The summed E-state index contributed by atoms with van der Waals surface area (Å²) in [5.74, 6) is 1.45. The first-order chi connectivity index (χ1) is 14.1. The number of hydrogen-bond acceptors (Lipinski definition) is 6. The minimum absolute atomic E-state index is 0.0327. The molecule has 8 heteroatoms. The molecular weight excluding hydrogens is 368 g/mol. The van der Waals surface area contributed by atoms with Crippen molar-refractivity contribution < 1.29 is 9.90 Å². The lowest BCUT2D eigenvalue weighted by Gasteiger charge is -2.36. The SMILES string of the molecule is CNC(=O)c1ccc(N2C[C@H]3C[C@@H](n4cnc5ccccc54)[C@H](O)C[C@H]3C2)nn1. The van der Waals surface area contributed by atoms with E-state index in [-0.39, 0.29) is 11.9 Å². The Labute approximate surface area is 168 Å². The van der Waals surface area contributed by atoms with Gasteiger partial charge >= 0.3 is 0 Å². The topological polar surface area (TPSA) is 96.2 Å². The molecule has 2 aromatic heterocycles. The summed E-state index contributed by atoms with van der Waals surface area (Å²) in [6, 6.07) is 11.7. The molecule has 3 heterocycles. The van der Waals surface area contributed by atoms with E-state index in [2.05, 4.69) is 36.0 Å². The van der Waals surface area contributed by atoms with Crippen molar-refractivity contribution in [3.63, 3.8) is 0 Å². The standard InChI is InChI=1S/C21H24N6O2/c1-22-21(29)16-6-7-20(25-24-16)26-10-13-8-18(19(28)9-14(13)11-26)27-12-23-15-4-2-3-5-17(15)27/h2-7,12-14,18-19,28H,8-11H2,1H3,(H,22,29)/t13-,14+,18-,19-/m1/s1. The molecule has 4 atom stereocenters. The number of imidazole rings is 1. The van der Waals surface area contributed by atoms with E-state index in [4.69, 9.17) is 0 Å². The van der Waals surface area contributed by atoms with Gasteiger partial charge in [-0.1, -0.05) is 12.1 Å². The molecule has 1 aromatic carbocycles. The van der Waals surface area contributed by atoms with E-state index in [1.807, 2.05) is 30.6 Å². The van der Waals surface area contributed by atoms with Crippen LogP contribution in [0.5, 0.6) is 0 Å². The number of anilines is 1. The highest BCUT2D eigenvalue weighted by Gasteiger charge is 2.43. The number of benzene rings is 1. The van der Waals surface area contributed by atoms with Gasteiger partial charge in [0.15, 0.2) is 11.5 Å². The van der Waals surface area contributed by atoms with Crippen LogP contribution in [0.2, 0.25) is 0 Å². The third-order valence-corrected chi connectivity index (χ3v) is 6.38. The second-order valence-corrected chi connectivity index (χ2v) is 8.03. The fourth-order valence-electron chi connectivity index (χ4n) is 4.88. The van der Waals surface area contributed by atoms with E-state index in [1.165, 1.54) is 0 Å². The summed E-state index contributed by atoms with van der Waals surface area (Å²) in [5, 5.41) is 21.8. The van der Waals surface area contributed by atoms with Gasteiger partial charge in [-0.25, -0.2) is 4.98 Å². The molecule has 8 nitrogen and oxygen atoms in total. The summed E-state index contributed by atoms with van der Waals surface area (Å²) in [6.45, 7) is 1.74. The fraction of sp³-hybridized carbons (Fsp3) is 0.429. The van der Waals surface area contributed by atoms with Gasteiger partial charge < -0.3 is 19.9 Å². The van der Waals surface area contributed by atoms with Gasteiger partial charge in [0.05, 0.1) is 29.5 Å². The van der Waals surface area contributed by atoms with Crippen LogP contribution >= 0.6 is 0 Å². The molecule has 2 fully saturated rings. The van der Waals surface area contributed by atoms with Crippen LogP contribution in [0.15, 0.2) is 42.7 Å². The van der Waals surface area contributed by atoms with Crippen molar-refractivity contribution >= 4 is 22.8 Å². The first-order valence-corrected chi connectivity index (χ1v) is 10.0. The normalized spacial score (nSPS) is 26.5. The Morgan fingerprint density at radius 3 is 2.66 bits per heavy atom. The summed E-state index contributed by atoms with van der Waals surface area (Å²) in [6.07, 6.45) is 3.14. The van der Waals surface area contributed by atoms with Crippen molar-refractivity contribution in [2.24, 2.45) is 11.8 Å². The van der Waals surface area contributed by atoms with Gasteiger partial charge in [0.2, 0.25) is 0 Å². The van der Waals surface area contributed by atoms with Crippen LogP contribution in [0.4, 0.5) is 5.82 Å². The number of amides is 1. The van der Waals surface area contributed by atoms with Crippen molar-refractivity contribution in [3.8, 4) is 0 Å². The Morgan fingerprint density at radius 1 is 1.10 bits per heavy atom. The third-order valence-electron chi connectivity index (χ3n) is 6.38. The minimum atomic E-state index is -0.393. The highest BCUT2D eigenvalue weighted by atomic mass is 16.3. The van der Waals surface area contributed by atoms with Crippen LogP contribution in [-0.2, 0) is 0 Å². The lowest BCUT2D eigenvalue weighted by atomic mass is 9.77. The van der Waals surface area contributed by atoms with E-state index < -0.39 is 6.10 Å². The monoisotopic (exact) mass is 392 g/mol. The van der Waals surface area contributed by atoms with Gasteiger partial charge in [0.1, 0.15) is 0 Å². The highest BCUT2D eigenvalue weighted by Crippen LogP contribution is 2.42. The molecule has 1 amide bonds.